The summed E-state index contributed by atoms with van der Waals surface area (Å²) >= 11 is 0. The van der Waals surface area contributed by atoms with Gasteiger partial charge in [-0.05, 0) is 60.5 Å². The molecule has 1 N–H and O–H groups in total. The van der Waals surface area contributed by atoms with Gasteiger partial charge in [-0.3, -0.25) is 14.5 Å². The Morgan fingerprint density at radius 3 is 2.57 bits per heavy atom. The molecule has 178 valence electrons. The zero-order chi connectivity index (χ0) is 24.7. The Kier molecular flexibility index (Phi) is 5.64. The highest BCUT2D eigenvalue weighted by Crippen LogP contribution is 2.44. The van der Waals surface area contributed by atoms with Crippen molar-refractivity contribution in [1.82, 2.24) is 4.98 Å². The summed E-state index contributed by atoms with van der Waals surface area (Å²) in [6, 6.07) is 14.6. The van der Waals surface area contributed by atoms with E-state index in [1.807, 2.05) is 6.92 Å². The normalized spacial score (nSPS) is 20.5. The number of ether oxygens (including phenoxy) is 3. The zero-order valence-corrected chi connectivity index (χ0v) is 19.5. The first-order valence-electron chi connectivity index (χ1n) is 11.2. The molecule has 1 saturated heterocycles. The largest absolute Gasteiger partial charge is 0.507 e. The smallest absolute Gasteiger partial charge is 0.301 e. The van der Waals surface area contributed by atoms with E-state index in [4.69, 9.17) is 14.2 Å². The SMILES string of the molecule is COc1ccc(C2/C(=C(\O)c3ccc4c(c3)CC(C)O4)C(=O)C(=O)N2c2ccccn2)cc1OC. The van der Waals surface area contributed by atoms with Gasteiger partial charge in [-0.25, -0.2) is 4.98 Å². The molecule has 3 aromatic rings. The second kappa shape index (κ2) is 8.79. The second-order valence-electron chi connectivity index (χ2n) is 8.43. The minimum Gasteiger partial charge on any atom is -0.507 e. The van der Waals surface area contributed by atoms with E-state index in [-0.39, 0.29) is 17.4 Å². The quantitative estimate of drug-likeness (QED) is 0.340. The lowest BCUT2D eigenvalue weighted by atomic mass is 9.94. The lowest BCUT2D eigenvalue weighted by Gasteiger charge is -2.25. The van der Waals surface area contributed by atoms with Crippen molar-refractivity contribution in [3.05, 3.63) is 83.1 Å². The second-order valence-corrected chi connectivity index (χ2v) is 8.43. The Morgan fingerprint density at radius 1 is 1.06 bits per heavy atom. The monoisotopic (exact) mass is 472 g/mol. The van der Waals surface area contributed by atoms with Crippen LogP contribution < -0.4 is 19.1 Å². The molecule has 0 bridgehead atoms. The molecule has 0 radical (unpaired) electrons. The molecule has 5 rings (SSSR count). The van der Waals surface area contributed by atoms with Crippen LogP contribution in [0.5, 0.6) is 17.2 Å². The average Bonchev–Trinajstić information content (AvgIpc) is 3.38. The van der Waals surface area contributed by atoms with Gasteiger partial charge >= 0.3 is 5.91 Å². The van der Waals surface area contributed by atoms with E-state index >= 15 is 0 Å². The average molecular weight is 472 g/mol. The van der Waals surface area contributed by atoms with Gasteiger partial charge in [0.25, 0.3) is 5.78 Å². The summed E-state index contributed by atoms with van der Waals surface area (Å²) in [6.07, 6.45) is 2.27. The standard InChI is InChI=1S/C27H24N2O6/c1-15-12-18-13-17(8-9-19(18)35-15)25(30)23-24(16-7-10-20(33-2)21(14-16)34-3)29(27(32)26(23)31)22-6-4-5-11-28-22/h4-11,13-15,24,30H,12H2,1-3H3/b25-23+. The number of rotatable bonds is 5. The molecule has 1 amide bonds. The van der Waals surface area contributed by atoms with Crippen LogP contribution in [0.2, 0.25) is 0 Å². The number of amides is 1. The van der Waals surface area contributed by atoms with E-state index in [0.717, 1.165) is 11.3 Å². The number of ketones is 1. The number of carbonyl (C=O) groups excluding carboxylic acids is 2. The molecular weight excluding hydrogens is 448 g/mol. The molecule has 1 aromatic heterocycles. The van der Waals surface area contributed by atoms with Crippen LogP contribution >= 0.6 is 0 Å². The number of hydrogen-bond acceptors (Lipinski definition) is 7. The number of Topliss-reactive ketones (excluding diaryl/α,β-unsaturated/α-hetero) is 1. The van der Waals surface area contributed by atoms with Crippen molar-refractivity contribution in [2.24, 2.45) is 0 Å². The maximum Gasteiger partial charge on any atom is 0.301 e. The van der Waals surface area contributed by atoms with Crippen LogP contribution in [-0.4, -0.2) is 42.1 Å². The number of methoxy groups -OCH3 is 2. The van der Waals surface area contributed by atoms with Gasteiger partial charge in [0.1, 0.15) is 23.4 Å². The number of aromatic nitrogens is 1. The van der Waals surface area contributed by atoms with Crippen LogP contribution in [0.25, 0.3) is 5.76 Å². The van der Waals surface area contributed by atoms with Crippen molar-refractivity contribution in [1.29, 1.82) is 0 Å². The lowest BCUT2D eigenvalue weighted by molar-refractivity contribution is -0.132. The van der Waals surface area contributed by atoms with Crippen LogP contribution in [0.4, 0.5) is 5.82 Å². The molecule has 35 heavy (non-hydrogen) atoms. The van der Waals surface area contributed by atoms with Gasteiger partial charge in [0, 0.05) is 18.2 Å². The Hall–Kier alpha value is -4.33. The minimum absolute atomic E-state index is 0.0280. The van der Waals surface area contributed by atoms with Gasteiger partial charge in [-0.2, -0.15) is 0 Å². The first kappa shape index (κ1) is 22.5. The van der Waals surface area contributed by atoms with Crippen molar-refractivity contribution in [2.75, 3.05) is 19.1 Å². The summed E-state index contributed by atoms with van der Waals surface area (Å²) in [5.74, 6) is 0.147. The highest BCUT2D eigenvalue weighted by Gasteiger charge is 2.47. The third-order valence-corrected chi connectivity index (χ3v) is 6.23. The van der Waals surface area contributed by atoms with Crippen LogP contribution in [0.15, 0.2) is 66.4 Å². The summed E-state index contributed by atoms with van der Waals surface area (Å²) in [7, 11) is 3.03. The number of nitrogens with zero attached hydrogens (tertiary/aromatic N) is 2. The molecule has 2 atom stereocenters. The summed E-state index contributed by atoms with van der Waals surface area (Å²) in [5.41, 5.74) is 1.90. The van der Waals surface area contributed by atoms with Gasteiger partial charge in [-0.15, -0.1) is 0 Å². The third-order valence-electron chi connectivity index (χ3n) is 6.23. The molecule has 3 heterocycles. The summed E-state index contributed by atoms with van der Waals surface area (Å²) in [4.78, 5) is 32.2. The van der Waals surface area contributed by atoms with Crippen LogP contribution in [0, 0.1) is 0 Å². The van der Waals surface area contributed by atoms with Crippen molar-refractivity contribution in [3.8, 4) is 17.2 Å². The Morgan fingerprint density at radius 2 is 1.86 bits per heavy atom. The summed E-state index contributed by atoms with van der Waals surface area (Å²) < 4.78 is 16.6. The molecule has 0 saturated carbocycles. The highest BCUT2D eigenvalue weighted by molar-refractivity contribution is 6.51. The maximum absolute atomic E-state index is 13.3. The number of benzene rings is 2. The van der Waals surface area contributed by atoms with E-state index < -0.39 is 17.7 Å². The van der Waals surface area contributed by atoms with E-state index in [1.54, 1.807) is 60.8 Å². The van der Waals surface area contributed by atoms with E-state index in [1.165, 1.54) is 19.1 Å². The van der Waals surface area contributed by atoms with Gasteiger partial charge in [0.15, 0.2) is 11.5 Å². The maximum atomic E-state index is 13.3. The van der Waals surface area contributed by atoms with E-state index in [9.17, 15) is 14.7 Å². The van der Waals surface area contributed by atoms with Gasteiger partial charge in [-0.1, -0.05) is 12.1 Å². The Labute approximate surface area is 202 Å². The fraction of sp³-hybridized carbons (Fsp3) is 0.222. The highest BCUT2D eigenvalue weighted by atomic mass is 16.5. The van der Waals surface area contributed by atoms with Crippen molar-refractivity contribution >= 4 is 23.3 Å². The topological polar surface area (TPSA) is 98.2 Å². The molecule has 2 aliphatic rings. The van der Waals surface area contributed by atoms with Crippen LogP contribution in [0.3, 0.4) is 0 Å². The van der Waals surface area contributed by atoms with Gasteiger partial charge in [0.05, 0.1) is 25.8 Å². The predicted octanol–water partition coefficient (Wildman–Crippen LogP) is 4.05. The number of carbonyl (C=O) groups is 2. The van der Waals surface area contributed by atoms with Crippen LogP contribution in [0.1, 0.15) is 29.7 Å². The first-order valence-corrected chi connectivity index (χ1v) is 11.2. The zero-order valence-electron chi connectivity index (χ0n) is 19.5. The predicted molar refractivity (Wildman–Crippen MR) is 129 cm³/mol. The van der Waals surface area contributed by atoms with Crippen LogP contribution in [-0.2, 0) is 16.0 Å². The molecule has 2 aliphatic heterocycles. The number of pyridine rings is 1. The lowest BCUT2D eigenvalue weighted by Crippen LogP contribution is -2.30. The molecule has 8 nitrogen and oxygen atoms in total. The molecule has 2 aromatic carbocycles. The van der Waals surface area contributed by atoms with Crippen molar-refractivity contribution in [3.63, 3.8) is 0 Å². The third kappa shape index (κ3) is 3.77. The Bertz CT molecular complexity index is 1350. The van der Waals surface area contributed by atoms with Gasteiger partial charge < -0.3 is 19.3 Å². The summed E-state index contributed by atoms with van der Waals surface area (Å²) in [5, 5.41) is 11.4. The molecule has 0 spiro atoms. The van der Waals surface area contributed by atoms with Gasteiger partial charge in [0.2, 0.25) is 0 Å². The molecule has 1 fully saturated rings. The molecule has 2 unspecified atom stereocenters. The van der Waals surface area contributed by atoms with E-state index in [2.05, 4.69) is 4.98 Å². The first-order chi connectivity index (χ1) is 16.9. The van der Waals surface area contributed by atoms with E-state index in [0.29, 0.717) is 34.9 Å². The number of fused-ring (bicyclic) bond motifs is 1. The van der Waals surface area contributed by atoms with Crippen molar-refractivity contribution in [2.45, 2.75) is 25.5 Å². The molecule has 8 heteroatoms. The number of aliphatic hydroxyl groups excluding tert-OH is 1. The summed E-state index contributed by atoms with van der Waals surface area (Å²) in [6.45, 7) is 1.97. The fourth-order valence-electron chi connectivity index (χ4n) is 4.63. The molecule has 0 aliphatic carbocycles. The van der Waals surface area contributed by atoms with Crippen molar-refractivity contribution < 1.29 is 28.9 Å². The number of hydrogen-bond donors (Lipinski definition) is 1. The molecular formula is C27H24N2O6. The fourth-order valence-corrected chi connectivity index (χ4v) is 4.63. The number of aliphatic hydroxyl groups is 1. The number of anilines is 1. The Balaban J connectivity index is 1.70. The minimum atomic E-state index is -0.923.